The number of nitrogens with one attached hydrogen (secondary N) is 2. The number of amides is 2. The molecule has 0 spiro atoms. The zero-order valence-corrected chi connectivity index (χ0v) is 17.0. The van der Waals surface area contributed by atoms with E-state index in [9.17, 15) is 9.59 Å². The van der Waals surface area contributed by atoms with E-state index in [0.717, 1.165) is 27.6 Å². The molecule has 0 fully saturated rings. The third kappa shape index (κ3) is 4.23. The Hall–Kier alpha value is -3.13. The van der Waals surface area contributed by atoms with Crippen LogP contribution in [-0.2, 0) is 4.79 Å². The molecule has 0 saturated carbocycles. The summed E-state index contributed by atoms with van der Waals surface area (Å²) in [6.07, 6.45) is 1.72. The highest BCUT2D eigenvalue weighted by atomic mass is 32.1. The van der Waals surface area contributed by atoms with Gasteiger partial charge in [0.2, 0.25) is 0 Å². The van der Waals surface area contributed by atoms with Crippen molar-refractivity contribution in [2.45, 2.75) is 27.7 Å². The smallest absolute Gasteiger partial charge is 0.276 e. The van der Waals surface area contributed by atoms with Crippen molar-refractivity contribution in [3.05, 3.63) is 63.9 Å². The fourth-order valence-corrected chi connectivity index (χ4v) is 3.60. The van der Waals surface area contributed by atoms with Crippen molar-refractivity contribution in [2.75, 3.05) is 6.61 Å². The maximum absolute atomic E-state index is 12.5. The highest BCUT2D eigenvalue weighted by Crippen LogP contribution is 2.22. The molecule has 0 aliphatic rings. The van der Waals surface area contributed by atoms with Crippen molar-refractivity contribution in [3.8, 4) is 10.9 Å². The summed E-state index contributed by atoms with van der Waals surface area (Å²) >= 11 is 1.49. The summed E-state index contributed by atoms with van der Waals surface area (Å²) in [5.74, 6) is -0.188. The van der Waals surface area contributed by atoms with Gasteiger partial charge < -0.3 is 4.74 Å². The standard InChI is InChI=1S/C20H22N4O3S/c1-12-5-6-13(2)17(9-12)27-11-18(25)22-23-19(26)16-10-14(3)24(15(16)4)20-21-7-8-28-20/h5-10H,11H2,1-4H3,(H,22,25)(H,23,26). The van der Waals surface area contributed by atoms with Gasteiger partial charge in [-0.2, -0.15) is 0 Å². The van der Waals surface area contributed by atoms with Gasteiger partial charge in [-0.3, -0.25) is 25.0 Å². The number of carbonyl (C=O) groups excluding carboxylic acids is 2. The van der Waals surface area contributed by atoms with Gasteiger partial charge in [0.1, 0.15) is 5.75 Å². The van der Waals surface area contributed by atoms with Gasteiger partial charge in [0.05, 0.1) is 5.56 Å². The van der Waals surface area contributed by atoms with Gasteiger partial charge in [0.15, 0.2) is 11.7 Å². The van der Waals surface area contributed by atoms with Gasteiger partial charge in [-0.25, -0.2) is 4.98 Å². The van der Waals surface area contributed by atoms with Gasteiger partial charge in [0.25, 0.3) is 11.8 Å². The lowest BCUT2D eigenvalue weighted by Crippen LogP contribution is -2.44. The van der Waals surface area contributed by atoms with Gasteiger partial charge >= 0.3 is 0 Å². The molecule has 3 rings (SSSR count). The SMILES string of the molecule is Cc1ccc(C)c(OCC(=O)NNC(=O)c2cc(C)n(-c3nccs3)c2C)c1. The van der Waals surface area contributed by atoms with Crippen LogP contribution in [0.1, 0.15) is 32.9 Å². The molecule has 0 saturated heterocycles. The van der Waals surface area contributed by atoms with Crippen LogP contribution in [0.15, 0.2) is 35.8 Å². The molecule has 7 nitrogen and oxygen atoms in total. The number of hydrogen-bond donors (Lipinski definition) is 2. The van der Waals surface area contributed by atoms with E-state index in [4.69, 9.17) is 4.74 Å². The van der Waals surface area contributed by atoms with Crippen LogP contribution in [-0.4, -0.2) is 28.0 Å². The van der Waals surface area contributed by atoms with E-state index in [2.05, 4.69) is 15.8 Å². The molecular formula is C20H22N4O3S. The van der Waals surface area contributed by atoms with E-state index in [1.807, 2.05) is 55.8 Å². The number of rotatable bonds is 5. The first-order valence-corrected chi connectivity index (χ1v) is 9.63. The number of aromatic nitrogens is 2. The van der Waals surface area contributed by atoms with Crippen LogP contribution in [0.3, 0.4) is 0 Å². The second-order valence-electron chi connectivity index (χ2n) is 6.49. The van der Waals surface area contributed by atoms with E-state index in [-0.39, 0.29) is 6.61 Å². The molecule has 2 amide bonds. The van der Waals surface area contributed by atoms with E-state index in [1.54, 1.807) is 12.3 Å². The van der Waals surface area contributed by atoms with Crippen molar-refractivity contribution in [2.24, 2.45) is 0 Å². The van der Waals surface area contributed by atoms with Crippen LogP contribution in [0.25, 0.3) is 5.13 Å². The molecular weight excluding hydrogens is 376 g/mol. The van der Waals surface area contributed by atoms with Crippen LogP contribution in [0.2, 0.25) is 0 Å². The Bertz CT molecular complexity index is 1010. The Balaban J connectivity index is 1.59. The zero-order chi connectivity index (χ0) is 20.3. The normalized spacial score (nSPS) is 10.6. The van der Waals surface area contributed by atoms with Crippen LogP contribution in [0.4, 0.5) is 0 Å². The highest BCUT2D eigenvalue weighted by molar-refractivity contribution is 7.12. The molecule has 2 N–H and O–H groups in total. The van der Waals surface area contributed by atoms with Crippen LogP contribution < -0.4 is 15.6 Å². The van der Waals surface area contributed by atoms with E-state index >= 15 is 0 Å². The molecule has 0 radical (unpaired) electrons. The number of aryl methyl sites for hydroxylation is 3. The number of benzene rings is 1. The predicted molar refractivity (Wildman–Crippen MR) is 108 cm³/mol. The van der Waals surface area contributed by atoms with Crippen LogP contribution >= 0.6 is 11.3 Å². The maximum Gasteiger partial charge on any atom is 0.276 e. The van der Waals surface area contributed by atoms with Gasteiger partial charge in [-0.15, -0.1) is 11.3 Å². The number of carbonyl (C=O) groups is 2. The number of nitrogens with zero attached hydrogens (tertiary/aromatic N) is 2. The first-order valence-electron chi connectivity index (χ1n) is 8.75. The minimum Gasteiger partial charge on any atom is -0.483 e. The zero-order valence-electron chi connectivity index (χ0n) is 16.2. The molecule has 0 aliphatic heterocycles. The third-order valence-corrected chi connectivity index (χ3v) is 5.06. The lowest BCUT2D eigenvalue weighted by molar-refractivity contribution is -0.123. The van der Waals surface area contributed by atoms with Gasteiger partial charge in [-0.1, -0.05) is 12.1 Å². The molecule has 1 aromatic carbocycles. The topological polar surface area (TPSA) is 85.3 Å². The van der Waals surface area contributed by atoms with Gasteiger partial charge in [0, 0.05) is 23.0 Å². The van der Waals surface area contributed by atoms with Crippen molar-refractivity contribution < 1.29 is 14.3 Å². The third-order valence-electron chi connectivity index (χ3n) is 4.30. The Morgan fingerprint density at radius 2 is 1.93 bits per heavy atom. The summed E-state index contributed by atoms with van der Waals surface area (Å²) in [5, 5.41) is 2.67. The molecule has 2 aromatic heterocycles. The van der Waals surface area contributed by atoms with Crippen molar-refractivity contribution in [1.82, 2.24) is 20.4 Å². The number of hydrogen-bond acceptors (Lipinski definition) is 5. The minimum atomic E-state index is -0.442. The Morgan fingerprint density at radius 1 is 1.14 bits per heavy atom. The molecule has 0 unspecified atom stereocenters. The molecule has 146 valence electrons. The largest absolute Gasteiger partial charge is 0.483 e. The minimum absolute atomic E-state index is 0.192. The molecule has 2 heterocycles. The summed E-state index contributed by atoms with van der Waals surface area (Å²) in [6.45, 7) is 7.42. The average Bonchev–Trinajstić information content (AvgIpc) is 3.28. The average molecular weight is 398 g/mol. The quantitative estimate of drug-likeness (QED) is 0.647. The van der Waals surface area contributed by atoms with E-state index < -0.39 is 11.8 Å². The first-order chi connectivity index (χ1) is 13.4. The van der Waals surface area contributed by atoms with E-state index in [1.165, 1.54) is 11.3 Å². The Kier molecular flexibility index (Phi) is 5.79. The van der Waals surface area contributed by atoms with Crippen LogP contribution in [0.5, 0.6) is 5.75 Å². The molecule has 0 atom stereocenters. The molecule has 3 aromatic rings. The summed E-state index contributed by atoms with van der Waals surface area (Å²) in [5.41, 5.74) is 8.94. The molecule has 0 bridgehead atoms. The van der Waals surface area contributed by atoms with Crippen molar-refractivity contribution in [3.63, 3.8) is 0 Å². The molecule has 0 aliphatic carbocycles. The fraction of sp³-hybridized carbons (Fsp3) is 0.250. The first kappa shape index (κ1) is 19.6. The monoisotopic (exact) mass is 398 g/mol. The van der Waals surface area contributed by atoms with Crippen LogP contribution in [0, 0.1) is 27.7 Å². The summed E-state index contributed by atoms with van der Waals surface area (Å²) in [6, 6.07) is 7.55. The number of thiazole rings is 1. The summed E-state index contributed by atoms with van der Waals surface area (Å²) in [4.78, 5) is 28.8. The Morgan fingerprint density at radius 3 is 2.64 bits per heavy atom. The fourth-order valence-electron chi connectivity index (χ4n) is 2.85. The summed E-state index contributed by atoms with van der Waals surface area (Å²) < 4.78 is 7.45. The van der Waals surface area contributed by atoms with E-state index in [0.29, 0.717) is 11.3 Å². The lowest BCUT2D eigenvalue weighted by atomic mass is 10.1. The summed E-state index contributed by atoms with van der Waals surface area (Å²) in [7, 11) is 0. The molecule has 8 heteroatoms. The predicted octanol–water partition coefficient (Wildman–Crippen LogP) is 3.01. The van der Waals surface area contributed by atoms with Gasteiger partial charge in [-0.05, 0) is 51.0 Å². The Labute approximate surface area is 167 Å². The maximum atomic E-state index is 12.5. The highest BCUT2D eigenvalue weighted by Gasteiger charge is 2.18. The number of hydrazine groups is 1. The molecule has 28 heavy (non-hydrogen) atoms. The van der Waals surface area contributed by atoms with Crippen molar-refractivity contribution in [1.29, 1.82) is 0 Å². The second kappa shape index (κ2) is 8.26. The lowest BCUT2D eigenvalue weighted by Gasteiger charge is -2.11. The number of ether oxygens (including phenoxy) is 1. The van der Waals surface area contributed by atoms with Crippen molar-refractivity contribution >= 4 is 23.2 Å². The second-order valence-corrected chi connectivity index (χ2v) is 7.37.